The number of nitrogens with zero attached hydrogens (tertiary/aromatic N) is 1. The van der Waals surface area contributed by atoms with Crippen molar-refractivity contribution in [1.29, 1.82) is 0 Å². The van der Waals surface area contributed by atoms with Crippen molar-refractivity contribution in [2.75, 3.05) is 6.61 Å². The second-order valence-electron chi connectivity index (χ2n) is 4.57. The lowest BCUT2D eigenvalue weighted by molar-refractivity contribution is -0.384. The van der Waals surface area contributed by atoms with Crippen molar-refractivity contribution in [3.05, 3.63) is 34.4 Å². The highest BCUT2D eigenvalue weighted by Gasteiger charge is 2.43. The molecule has 0 radical (unpaired) electrons. The first kappa shape index (κ1) is 16.1. The molecule has 1 saturated heterocycles. The fourth-order valence-electron chi connectivity index (χ4n) is 1.95. The summed E-state index contributed by atoms with van der Waals surface area (Å²) in [6.45, 7) is -0.498. The zero-order valence-corrected chi connectivity index (χ0v) is 11.6. The molecule has 1 aliphatic rings. The largest absolute Gasteiger partial charge is 0.394 e. The van der Waals surface area contributed by atoms with Crippen LogP contribution in [0, 0.1) is 10.1 Å². The fraction of sp³-hybridized carbons (Fsp3) is 0.500. The minimum absolute atomic E-state index is 0.0619. The van der Waals surface area contributed by atoms with Crippen LogP contribution in [0.2, 0.25) is 0 Å². The first-order chi connectivity index (χ1) is 9.93. The van der Waals surface area contributed by atoms with E-state index in [2.05, 4.69) is 0 Å². The van der Waals surface area contributed by atoms with Gasteiger partial charge in [0.15, 0.2) is 0 Å². The molecule has 1 aromatic carbocycles. The highest BCUT2D eigenvalue weighted by Crippen LogP contribution is 2.33. The zero-order valence-electron chi connectivity index (χ0n) is 10.8. The smallest absolute Gasteiger partial charge is 0.269 e. The van der Waals surface area contributed by atoms with Crippen molar-refractivity contribution in [2.45, 2.75) is 34.7 Å². The Bertz CT molecular complexity index is 495. The quantitative estimate of drug-likeness (QED) is 0.431. The van der Waals surface area contributed by atoms with Crippen LogP contribution in [0.3, 0.4) is 0 Å². The van der Waals surface area contributed by atoms with Gasteiger partial charge in [-0.25, -0.2) is 0 Å². The third-order valence-corrected chi connectivity index (χ3v) is 4.31. The summed E-state index contributed by atoms with van der Waals surface area (Å²) < 4.78 is 5.33. The standard InChI is InChI=1S/C12H15NO7S/c14-5-8-9(15)10(16)11(17)12(20-8)21-7-3-1-6(2-4-7)13(18)19/h1-4,8-12,14-17H,5H2/t8-,9-,10+,11-,12+/m1/s1. The number of benzene rings is 1. The van der Waals surface area contributed by atoms with E-state index in [4.69, 9.17) is 9.84 Å². The topological polar surface area (TPSA) is 133 Å². The first-order valence-corrected chi connectivity index (χ1v) is 7.03. The van der Waals surface area contributed by atoms with Gasteiger partial charge in [0, 0.05) is 17.0 Å². The summed E-state index contributed by atoms with van der Waals surface area (Å²) in [6, 6.07) is 5.60. The number of non-ortho nitro benzene ring substituents is 1. The molecule has 0 amide bonds. The maximum Gasteiger partial charge on any atom is 0.269 e. The van der Waals surface area contributed by atoms with E-state index in [1.807, 2.05) is 0 Å². The molecule has 1 aliphatic heterocycles. The molecular weight excluding hydrogens is 302 g/mol. The number of hydrogen-bond acceptors (Lipinski definition) is 8. The van der Waals surface area contributed by atoms with Crippen molar-refractivity contribution >= 4 is 17.4 Å². The molecule has 0 saturated carbocycles. The van der Waals surface area contributed by atoms with Crippen molar-refractivity contribution in [2.24, 2.45) is 0 Å². The van der Waals surface area contributed by atoms with Crippen LogP contribution >= 0.6 is 11.8 Å². The Kier molecular flexibility index (Phi) is 5.14. The molecule has 1 fully saturated rings. The van der Waals surface area contributed by atoms with Crippen molar-refractivity contribution < 1.29 is 30.1 Å². The lowest BCUT2D eigenvalue weighted by Crippen LogP contribution is -2.57. The zero-order chi connectivity index (χ0) is 15.6. The maximum atomic E-state index is 10.6. The number of aliphatic hydroxyl groups excluding tert-OH is 4. The van der Waals surface area contributed by atoms with Gasteiger partial charge in [-0.3, -0.25) is 10.1 Å². The monoisotopic (exact) mass is 317 g/mol. The van der Waals surface area contributed by atoms with Crippen LogP contribution in [0.15, 0.2) is 29.2 Å². The van der Waals surface area contributed by atoms with E-state index in [0.717, 1.165) is 11.8 Å². The second kappa shape index (κ2) is 6.69. The van der Waals surface area contributed by atoms with Crippen molar-refractivity contribution in [3.63, 3.8) is 0 Å². The number of rotatable bonds is 4. The van der Waals surface area contributed by atoms with E-state index in [0.29, 0.717) is 4.90 Å². The summed E-state index contributed by atoms with van der Waals surface area (Å²) in [5, 5.41) is 48.9. The van der Waals surface area contributed by atoms with Gasteiger partial charge in [0.05, 0.1) is 11.5 Å². The number of thioether (sulfide) groups is 1. The highest BCUT2D eigenvalue weighted by atomic mass is 32.2. The van der Waals surface area contributed by atoms with Crippen LogP contribution in [0.4, 0.5) is 5.69 Å². The Hall–Kier alpha value is -1.23. The van der Waals surface area contributed by atoms with Crippen LogP contribution in [-0.4, -0.2) is 61.8 Å². The Morgan fingerprint density at radius 2 is 1.76 bits per heavy atom. The number of ether oxygens (including phenoxy) is 1. The maximum absolute atomic E-state index is 10.6. The average molecular weight is 317 g/mol. The summed E-state index contributed by atoms with van der Waals surface area (Å²) >= 11 is 1.04. The number of nitro benzene ring substituents is 1. The van der Waals surface area contributed by atoms with E-state index in [1.54, 1.807) is 0 Å². The van der Waals surface area contributed by atoms with Crippen LogP contribution in [0.1, 0.15) is 0 Å². The third-order valence-electron chi connectivity index (χ3n) is 3.15. The molecule has 0 bridgehead atoms. The lowest BCUT2D eigenvalue weighted by Gasteiger charge is -2.39. The van der Waals surface area contributed by atoms with Gasteiger partial charge < -0.3 is 25.2 Å². The van der Waals surface area contributed by atoms with Crippen LogP contribution < -0.4 is 0 Å². The Morgan fingerprint density at radius 1 is 1.14 bits per heavy atom. The van der Waals surface area contributed by atoms with Crippen LogP contribution in [0.25, 0.3) is 0 Å². The van der Waals surface area contributed by atoms with Crippen molar-refractivity contribution in [3.8, 4) is 0 Å². The van der Waals surface area contributed by atoms with E-state index in [1.165, 1.54) is 24.3 Å². The molecule has 0 unspecified atom stereocenters. The summed E-state index contributed by atoms with van der Waals surface area (Å²) in [4.78, 5) is 10.6. The third kappa shape index (κ3) is 3.51. The molecule has 4 N–H and O–H groups in total. The number of nitro groups is 1. The molecular formula is C12H15NO7S. The summed E-state index contributed by atoms with van der Waals surface area (Å²) in [5.41, 5.74) is -0.963. The molecule has 1 aromatic rings. The van der Waals surface area contributed by atoms with Gasteiger partial charge in [0.2, 0.25) is 0 Å². The van der Waals surface area contributed by atoms with Gasteiger partial charge in [-0.15, -0.1) is 0 Å². The minimum atomic E-state index is -1.44. The molecule has 1 heterocycles. The van der Waals surface area contributed by atoms with Gasteiger partial charge in [-0.05, 0) is 12.1 Å². The van der Waals surface area contributed by atoms with E-state index in [-0.39, 0.29) is 5.69 Å². The molecule has 0 aromatic heterocycles. The van der Waals surface area contributed by atoms with Crippen LogP contribution in [-0.2, 0) is 4.74 Å². The van der Waals surface area contributed by atoms with Crippen molar-refractivity contribution in [1.82, 2.24) is 0 Å². The molecule has 116 valence electrons. The molecule has 2 rings (SSSR count). The van der Waals surface area contributed by atoms with Gasteiger partial charge in [-0.2, -0.15) is 0 Å². The molecule has 0 aliphatic carbocycles. The van der Waals surface area contributed by atoms with Gasteiger partial charge >= 0.3 is 0 Å². The molecule has 21 heavy (non-hydrogen) atoms. The SMILES string of the molecule is O=[N+]([O-])c1ccc(S[C@@H]2O[C@H](CO)[C@@H](O)[C@H](O)[C@H]2O)cc1. The summed E-state index contributed by atoms with van der Waals surface area (Å²) in [5.74, 6) is 0. The van der Waals surface area contributed by atoms with E-state index < -0.39 is 41.4 Å². The minimum Gasteiger partial charge on any atom is -0.394 e. The van der Waals surface area contributed by atoms with Gasteiger partial charge in [0.1, 0.15) is 29.9 Å². The van der Waals surface area contributed by atoms with E-state index in [9.17, 15) is 25.4 Å². The van der Waals surface area contributed by atoms with Gasteiger partial charge in [0.25, 0.3) is 5.69 Å². The number of hydrogen-bond donors (Lipinski definition) is 4. The molecule has 5 atom stereocenters. The Morgan fingerprint density at radius 3 is 2.29 bits per heavy atom. The average Bonchev–Trinajstić information content (AvgIpc) is 2.48. The second-order valence-corrected chi connectivity index (χ2v) is 5.74. The Balaban J connectivity index is 2.08. The fourth-order valence-corrected chi connectivity index (χ4v) is 3.01. The van der Waals surface area contributed by atoms with Crippen LogP contribution in [0.5, 0.6) is 0 Å². The molecule has 9 heteroatoms. The summed E-state index contributed by atoms with van der Waals surface area (Å²) in [6.07, 6.45) is -5.16. The molecule has 8 nitrogen and oxygen atoms in total. The number of aliphatic hydroxyl groups is 4. The predicted molar refractivity (Wildman–Crippen MR) is 72.7 cm³/mol. The normalized spacial score (nSPS) is 32.9. The van der Waals surface area contributed by atoms with Gasteiger partial charge in [-0.1, -0.05) is 11.8 Å². The summed E-state index contributed by atoms with van der Waals surface area (Å²) in [7, 11) is 0. The highest BCUT2D eigenvalue weighted by molar-refractivity contribution is 7.99. The predicted octanol–water partition coefficient (Wildman–Crippen LogP) is -0.513. The Labute approximate surface area is 124 Å². The first-order valence-electron chi connectivity index (χ1n) is 6.15. The lowest BCUT2D eigenvalue weighted by atomic mass is 10.0. The van der Waals surface area contributed by atoms with E-state index >= 15 is 0 Å². The molecule has 0 spiro atoms.